The fraction of sp³-hybridized carbons (Fsp3) is 0.440. The van der Waals surface area contributed by atoms with Gasteiger partial charge in [0.05, 0.1) is 13.5 Å². The molecule has 0 aromatic heterocycles. The van der Waals surface area contributed by atoms with Crippen molar-refractivity contribution in [3.8, 4) is 5.75 Å². The third-order valence-electron chi connectivity index (χ3n) is 4.81. The van der Waals surface area contributed by atoms with Gasteiger partial charge >= 0.3 is 0 Å². The fourth-order valence-corrected chi connectivity index (χ4v) is 3.43. The van der Waals surface area contributed by atoms with Crippen molar-refractivity contribution < 1.29 is 14.3 Å². The van der Waals surface area contributed by atoms with Crippen LogP contribution in [0.2, 0.25) is 0 Å². The minimum Gasteiger partial charge on any atom is -0.497 e. The van der Waals surface area contributed by atoms with Gasteiger partial charge in [0, 0.05) is 12.1 Å². The summed E-state index contributed by atoms with van der Waals surface area (Å²) in [5, 5.41) is 2.99. The van der Waals surface area contributed by atoms with Crippen LogP contribution in [0.5, 0.6) is 5.75 Å². The summed E-state index contributed by atoms with van der Waals surface area (Å²) in [7, 11) is 1.62. The smallest absolute Gasteiger partial charge is 0.242 e. The van der Waals surface area contributed by atoms with Gasteiger partial charge in [-0.1, -0.05) is 41.5 Å². The zero-order valence-electron chi connectivity index (χ0n) is 19.2. The average Bonchev–Trinajstić information content (AvgIpc) is 2.63. The number of benzene rings is 2. The first-order chi connectivity index (χ1) is 14.0. The van der Waals surface area contributed by atoms with E-state index in [1.54, 1.807) is 18.9 Å². The highest BCUT2D eigenvalue weighted by molar-refractivity contribution is 5.88. The minimum atomic E-state index is -0.593. The standard InChI is InChI=1S/C25H34N2O3/c1-17-12-18(2)14-21(13-17)15-23(28)27(19(3)24(29)26-25(4,5)6)16-20-8-10-22(30-7)11-9-20/h8-14,19H,15-16H2,1-7H3,(H,26,29)/t19-/m1/s1. The van der Waals surface area contributed by atoms with Crippen LogP contribution in [0.1, 0.15) is 49.9 Å². The second-order valence-electron chi connectivity index (χ2n) is 8.96. The van der Waals surface area contributed by atoms with Gasteiger partial charge in [0.15, 0.2) is 0 Å². The number of ether oxygens (including phenoxy) is 1. The lowest BCUT2D eigenvalue weighted by atomic mass is 10.0. The molecule has 1 N–H and O–H groups in total. The summed E-state index contributed by atoms with van der Waals surface area (Å²) < 4.78 is 5.22. The molecule has 0 fully saturated rings. The number of hydrogen-bond acceptors (Lipinski definition) is 3. The number of methoxy groups -OCH3 is 1. The van der Waals surface area contributed by atoms with E-state index in [1.165, 1.54) is 0 Å². The number of rotatable bonds is 7. The molecule has 0 aliphatic carbocycles. The Kier molecular flexibility index (Phi) is 7.65. The monoisotopic (exact) mass is 410 g/mol. The lowest BCUT2D eigenvalue weighted by Gasteiger charge is -2.31. The number of nitrogens with one attached hydrogen (secondary N) is 1. The number of carbonyl (C=O) groups excluding carboxylic acids is 2. The van der Waals surface area contributed by atoms with E-state index in [1.807, 2.05) is 71.0 Å². The summed E-state index contributed by atoms with van der Waals surface area (Å²) in [4.78, 5) is 27.8. The van der Waals surface area contributed by atoms with E-state index >= 15 is 0 Å². The lowest BCUT2D eigenvalue weighted by Crippen LogP contribution is -2.52. The molecule has 0 spiro atoms. The topological polar surface area (TPSA) is 58.6 Å². The van der Waals surface area contributed by atoms with Crippen LogP contribution < -0.4 is 10.1 Å². The van der Waals surface area contributed by atoms with Crippen molar-refractivity contribution in [2.75, 3.05) is 7.11 Å². The van der Waals surface area contributed by atoms with Crippen LogP contribution in [0.25, 0.3) is 0 Å². The summed E-state index contributed by atoms with van der Waals surface area (Å²) in [6.07, 6.45) is 0.256. The van der Waals surface area contributed by atoms with Crippen LogP contribution in [-0.2, 0) is 22.6 Å². The van der Waals surface area contributed by atoms with E-state index in [-0.39, 0.29) is 23.8 Å². The molecule has 5 heteroatoms. The number of nitrogens with zero attached hydrogens (tertiary/aromatic N) is 1. The molecule has 0 unspecified atom stereocenters. The SMILES string of the molecule is COc1ccc(CN(C(=O)Cc2cc(C)cc(C)c2)[C@H](C)C(=O)NC(C)(C)C)cc1. The summed E-state index contributed by atoms with van der Waals surface area (Å²) in [5.41, 5.74) is 3.78. The van der Waals surface area contributed by atoms with Gasteiger partial charge in [-0.15, -0.1) is 0 Å². The van der Waals surface area contributed by atoms with Crippen LogP contribution >= 0.6 is 0 Å². The van der Waals surface area contributed by atoms with Crippen molar-refractivity contribution in [2.45, 2.75) is 66.1 Å². The Balaban J connectivity index is 2.28. The number of aryl methyl sites for hydroxylation is 2. The Morgan fingerprint density at radius 2 is 1.57 bits per heavy atom. The Morgan fingerprint density at radius 1 is 1.00 bits per heavy atom. The maximum atomic E-state index is 13.3. The summed E-state index contributed by atoms with van der Waals surface area (Å²) >= 11 is 0. The zero-order chi connectivity index (χ0) is 22.5. The van der Waals surface area contributed by atoms with E-state index in [9.17, 15) is 9.59 Å². The van der Waals surface area contributed by atoms with Crippen molar-refractivity contribution in [3.05, 3.63) is 64.7 Å². The summed E-state index contributed by atoms with van der Waals surface area (Å²) in [6.45, 7) is 12.0. The molecular weight excluding hydrogens is 376 g/mol. The molecule has 0 saturated carbocycles. The third-order valence-corrected chi connectivity index (χ3v) is 4.81. The predicted molar refractivity (Wildman–Crippen MR) is 121 cm³/mol. The Morgan fingerprint density at radius 3 is 2.07 bits per heavy atom. The second kappa shape index (κ2) is 9.79. The molecule has 2 rings (SSSR count). The van der Waals surface area contributed by atoms with E-state index in [2.05, 4.69) is 11.4 Å². The van der Waals surface area contributed by atoms with Crippen LogP contribution in [0.15, 0.2) is 42.5 Å². The highest BCUT2D eigenvalue weighted by Crippen LogP contribution is 2.17. The van der Waals surface area contributed by atoms with E-state index < -0.39 is 6.04 Å². The van der Waals surface area contributed by atoms with Crippen LogP contribution in [0.3, 0.4) is 0 Å². The van der Waals surface area contributed by atoms with Crippen molar-refractivity contribution >= 4 is 11.8 Å². The van der Waals surface area contributed by atoms with Gasteiger partial charge in [-0.25, -0.2) is 0 Å². The molecule has 0 radical (unpaired) electrons. The molecule has 0 bridgehead atoms. The predicted octanol–water partition coefficient (Wildman–Crippen LogP) is 4.19. The number of carbonyl (C=O) groups is 2. The molecule has 162 valence electrons. The number of amides is 2. The highest BCUT2D eigenvalue weighted by Gasteiger charge is 2.28. The Hall–Kier alpha value is -2.82. The fourth-order valence-electron chi connectivity index (χ4n) is 3.43. The van der Waals surface area contributed by atoms with Crippen LogP contribution in [0, 0.1) is 13.8 Å². The maximum absolute atomic E-state index is 13.3. The van der Waals surface area contributed by atoms with Crippen LogP contribution in [0.4, 0.5) is 0 Å². The summed E-state index contributed by atoms with van der Waals surface area (Å²) in [5.74, 6) is 0.516. The molecule has 0 saturated heterocycles. The Bertz CT molecular complexity index is 862. The molecule has 0 heterocycles. The van der Waals surface area contributed by atoms with Crippen molar-refractivity contribution in [1.82, 2.24) is 10.2 Å². The second-order valence-corrected chi connectivity index (χ2v) is 8.96. The molecule has 5 nitrogen and oxygen atoms in total. The van der Waals surface area contributed by atoms with Gasteiger partial charge in [0.1, 0.15) is 11.8 Å². The molecule has 2 amide bonds. The average molecular weight is 411 g/mol. The molecule has 0 aliphatic heterocycles. The van der Waals surface area contributed by atoms with E-state index in [4.69, 9.17) is 4.74 Å². The van der Waals surface area contributed by atoms with Crippen molar-refractivity contribution in [2.24, 2.45) is 0 Å². The van der Waals surface area contributed by atoms with Gasteiger partial charge in [-0.2, -0.15) is 0 Å². The lowest BCUT2D eigenvalue weighted by molar-refractivity contribution is -0.140. The Labute approximate surface area is 180 Å². The van der Waals surface area contributed by atoms with Gasteiger partial charge in [-0.3, -0.25) is 9.59 Å². The van der Waals surface area contributed by atoms with Crippen molar-refractivity contribution in [1.29, 1.82) is 0 Å². The molecule has 1 atom stereocenters. The molecule has 30 heavy (non-hydrogen) atoms. The van der Waals surface area contributed by atoms with Crippen molar-refractivity contribution in [3.63, 3.8) is 0 Å². The molecular formula is C25H34N2O3. The van der Waals surface area contributed by atoms with E-state index in [0.29, 0.717) is 6.54 Å². The third kappa shape index (κ3) is 6.90. The maximum Gasteiger partial charge on any atom is 0.242 e. The van der Waals surface area contributed by atoms with Crippen LogP contribution in [-0.4, -0.2) is 35.4 Å². The first-order valence-corrected chi connectivity index (χ1v) is 10.3. The zero-order valence-corrected chi connectivity index (χ0v) is 19.2. The summed E-state index contributed by atoms with van der Waals surface area (Å²) in [6, 6.07) is 13.1. The first-order valence-electron chi connectivity index (χ1n) is 10.3. The molecule has 2 aromatic rings. The van der Waals surface area contributed by atoms with Gasteiger partial charge in [0.2, 0.25) is 11.8 Å². The molecule has 0 aliphatic rings. The van der Waals surface area contributed by atoms with Gasteiger partial charge < -0.3 is 15.0 Å². The minimum absolute atomic E-state index is 0.0765. The largest absolute Gasteiger partial charge is 0.497 e. The van der Waals surface area contributed by atoms with Gasteiger partial charge in [-0.05, 0) is 64.8 Å². The normalized spacial score (nSPS) is 12.2. The van der Waals surface area contributed by atoms with E-state index in [0.717, 1.165) is 28.0 Å². The quantitative estimate of drug-likeness (QED) is 0.745. The first kappa shape index (κ1) is 23.5. The number of hydrogen-bond donors (Lipinski definition) is 1. The molecule has 2 aromatic carbocycles. The van der Waals surface area contributed by atoms with Gasteiger partial charge in [0.25, 0.3) is 0 Å². The highest BCUT2D eigenvalue weighted by atomic mass is 16.5.